The molecule has 7 heteroatoms. The highest BCUT2D eigenvalue weighted by Gasteiger charge is 2.16. The summed E-state index contributed by atoms with van der Waals surface area (Å²) in [6.07, 6.45) is 1.98. The molecule has 0 unspecified atom stereocenters. The van der Waals surface area contributed by atoms with Gasteiger partial charge in [-0.1, -0.05) is 67.1 Å². The van der Waals surface area contributed by atoms with Gasteiger partial charge in [0.15, 0.2) is 11.6 Å². The Morgan fingerprint density at radius 3 is 2.16 bits per heavy atom. The van der Waals surface area contributed by atoms with Crippen molar-refractivity contribution >= 4 is 33.2 Å². The number of fused-ring (bicyclic) bond motifs is 1. The summed E-state index contributed by atoms with van der Waals surface area (Å²) in [7, 11) is 0. The van der Waals surface area contributed by atoms with Crippen LogP contribution in [0.2, 0.25) is 0 Å². The molecule has 0 bridgehead atoms. The van der Waals surface area contributed by atoms with Crippen LogP contribution >= 0.6 is 11.3 Å². The molecule has 2 aromatic carbocycles. The lowest BCUT2D eigenvalue weighted by Crippen LogP contribution is -2.45. The molecule has 1 N–H and O–H groups in total. The number of pyridine rings is 1. The van der Waals surface area contributed by atoms with Gasteiger partial charge in [0.25, 0.3) is 0 Å². The van der Waals surface area contributed by atoms with Crippen molar-refractivity contribution < 1.29 is 0 Å². The SMILES string of the molecule is CCN1CCN(Cc2ccc(Nc3nc(-c4ccc(-c5ccc(C)cc5)cc4)nc4ccsc34)nc2)CC1. The van der Waals surface area contributed by atoms with E-state index in [2.05, 4.69) is 95.0 Å². The minimum absolute atomic E-state index is 0.705. The van der Waals surface area contributed by atoms with Crippen LogP contribution in [-0.4, -0.2) is 57.5 Å². The van der Waals surface area contributed by atoms with Gasteiger partial charge < -0.3 is 10.2 Å². The first kappa shape index (κ1) is 24.7. The lowest BCUT2D eigenvalue weighted by Gasteiger charge is -2.33. The first-order chi connectivity index (χ1) is 18.6. The van der Waals surface area contributed by atoms with Gasteiger partial charge in [0.05, 0.1) is 10.2 Å². The number of hydrogen-bond acceptors (Lipinski definition) is 7. The number of likely N-dealkylation sites (N-methyl/N-ethyl adjacent to an activating group) is 1. The number of nitrogens with zero attached hydrogens (tertiary/aromatic N) is 5. The largest absolute Gasteiger partial charge is 0.324 e. The molecule has 1 saturated heterocycles. The zero-order valence-electron chi connectivity index (χ0n) is 21.9. The Balaban J connectivity index is 1.19. The Bertz CT molecular complexity index is 1500. The van der Waals surface area contributed by atoms with Crippen LogP contribution < -0.4 is 5.32 Å². The Labute approximate surface area is 228 Å². The summed E-state index contributed by atoms with van der Waals surface area (Å²) in [5.74, 6) is 2.29. The minimum atomic E-state index is 0.705. The fourth-order valence-electron chi connectivity index (χ4n) is 4.87. The van der Waals surface area contributed by atoms with Gasteiger partial charge in [0.1, 0.15) is 5.82 Å². The summed E-state index contributed by atoms with van der Waals surface area (Å²) >= 11 is 1.64. The summed E-state index contributed by atoms with van der Waals surface area (Å²) in [5.41, 5.74) is 6.81. The fourth-order valence-corrected chi connectivity index (χ4v) is 5.65. The van der Waals surface area contributed by atoms with E-state index in [1.54, 1.807) is 11.3 Å². The number of aryl methyl sites for hydroxylation is 1. The Morgan fingerprint density at radius 1 is 0.789 bits per heavy atom. The van der Waals surface area contributed by atoms with E-state index in [0.717, 1.165) is 66.7 Å². The average Bonchev–Trinajstić information content (AvgIpc) is 3.44. The van der Waals surface area contributed by atoms with Gasteiger partial charge in [-0.2, -0.15) is 0 Å². The first-order valence-corrected chi connectivity index (χ1v) is 14.1. The quantitative estimate of drug-likeness (QED) is 0.261. The first-order valence-electron chi connectivity index (χ1n) is 13.2. The van der Waals surface area contributed by atoms with Crippen LogP contribution in [-0.2, 0) is 6.54 Å². The smallest absolute Gasteiger partial charge is 0.162 e. The number of benzene rings is 2. The van der Waals surface area contributed by atoms with Gasteiger partial charge in [-0.25, -0.2) is 15.0 Å². The topological polar surface area (TPSA) is 57.2 Å². The van der Waals surface area contributed by atoms with Crippen molar-refractivity contribution in [3.05, 3.63) is 89.4 Å². The van der Waals surface area contributed by atoms with E-state index in [9.17, 15) is 0 Å². The second kappa shape index (κ2) is 11.0. The van der Waals surface area contributed by atoms with Crippen LogP contribution in [0.5, 0.6) is 0 Å². The van der Waals surface area contributed by atoms with E-state index in [4.69, 9.17) is 15.0 Å². The number of anilines is 2. The van der Waals surface area contributed by atoms with Gasteiger partial charge in [-0.15, -0.1) is 11.3 Å². The summed E-state index contributed by atoms with van der Waals surface area (Å²) < 4.78 is 1.03. The van der Waals surface area contributed by atoms with Crippen molar-refractivity contribution in [2.75, 3.05) is 38.0 Å². The van der Waals surface area contributed by atoms with Crippen LogP contribution in [0.4, 0.5) is 11.6 Å². The molecule has 192 valence electrons. The zero-order valence-corrected chi connectivity index (χ0v) is 22.7. The van der Waals surface area contributed by atoms with E-state index >= 15 is 0 Å². The normalized spacial score (nSPS) is 14.7. The molecular formula is C31H32N6S. The molecule has 4 heterocycles. The molecule has 1 fully saturated rings. The maximum atomic E-state index is 4.92. The van der Waals surface area contributed by atoms with Gasteiger partial charge in [0.2, 0.25) is 0 Å². The van der Waals surface area contributed by atoms with Crippen molar-refractivity contribution in [2.24, 2.45) is 0 Å². The standard InChI is InChI=1S/C31H32N6S/c1-3-36-15-17-37(18-16-36)21-23-6-13-28(32-20-23)34-31-29-27(14-19-38-29)33-30(35-31)26-11-9-25(10-12-26)24-7-4-22(2)5-8-24/h4-14,19-20H,3,15-18,21H2,1-2H3,(H,32,33,34,35). The van der Waals surface area contributed by atoms with Crippen LogP contribution in [0.1, 0.15) is 18.1 Å². The molecule has 1 aliphatic rings. The van der Waals surface area contributed by atoms with Crippen molar-refractivity contribution in [3.8, 4) is 22.5 Å². The molecule has 0 spiro atoms. The van der Waals surface area contributed by atoms with E-state index in [-0.39, 0.29) is 0 Å². The molecule has 0 aliphatic carbocycles. The highest BCUT2D eigenvalue weighted by molar-refractivity contribution is 7.17. The number of piperazine rings is 1. The molecule has 0 saturated carbocycles. The van der Waals surface area contributed by atoms with Crippen LogP contribution in [0.25, 0.3) is 32.7 Å². The molecule has 6 nitrogen and oxygen atoms in total. The summed E-state index contributed by atoms with van der Waals surface area (Å²) in [6, 6.07) is 23.3. The Morgan fingerprint density at radius 2 is 1.47 bits per heavy atom. The lowest BCUT2D eigenvalue weighted by atomic mass is 10.0. The van der Waals surface area contributed by atoms with Gasteiger partial charge in [-0.3, -0.25) is 4.90 Å². The van der Waals surface area contributed by atoms with Crippen molar-refractivity contribution in [1.82, 2.24) is 24.8 Å². The molecule has 3 aromatic heterocycles. The number of aromatic nitrogens is 3. The van der Waals surface area contributed by atoms with Gasteiger partial charge in [0, 0.05) is 44.5 Å². The predicted molar refractivity (Wildman–Crippen MR) is 158 cm³/mol. The predicted octanol–water partition coefficient (Wildman–Crippen LogP) is 6.61. The minimum Gasteiger partial charge on any atom is -0.324 e. The monoisotopic (exact) mass is 520 g/mol. The second-order valence-electron chi connectivity index (χ2n) is 9.86. The van der Waals surface area contributed by atoms with Crippen LogP contribution in [0, 0.1) is 6.92 Å². The number of rotatable bonds is 7. The van der Waals surface area contributed by atoms with Gasteiger partial charge >= 0.3 is 0 Å². The maximum Gasteiger partial charge on any atom is 0.162 e. The molecule has 5 aromatic rings. The molecular weight excluding hydrogens is 488 g/mol. The third-order valence-corrected chi connectivity index (χ3v) is 8.13. The number of nitrogens with one attached hydrogen (secondary N) is 1. The second-order valence-corrected chi connectivity index (χ2v) is 10.8. The summed E-state index contributed by atoms with van der Waals surface area (Å²) in [6.45, 7) is 10.9. The summed E-state index contributed by atoms with van der Waals surface area (Å²) in [5, 5.41) is 5.52. The summed E-state index contributed by atoms with van der Waals surface area (Å²) in [4.78, 5) is 19.5. The van der Waals surface area contributed by atoms with Crippen molar-refractivity contribution in [2.45, 2.75) is 20.4 Å². The molecule has 0 atom stereocenters. The molecule has 0 amide bonds. The van der Waals surface area contributed by atoms with Crippen LogP contribution in [0.3, 0.4) is 0 Å². The molecule has 0 radical (unpaired) electrons. The lowest BCUT2D eigenvalue weighted by molar-refractivity contribution is 0.132. The third kappa shape index (κ3) is 5.45. The molecule has 6 rings (SSSR count). The Hall–Kier alpha value is -3.65. The van der Waals surface area contributed by atoms with Crippen molar-refractivity contribution in [1.29, 1.82) is 0 Å². The van der Waals surface area contributed by atoms with E-state index in [1.807, 2.05) is 12.3 Å². The maximum absolute atomic E-state index is 4.92. The Kier molecular flexibility index (Phi) is 7.14. The van der Waals surface area contributed by atoms with Crippen molar-refractivity contribution in [3.63, 3.8) is 0 Å². The molecule has 38 heavy (non-hydrogen) atoms. The highest BCUT2D eigenvalue weighted by Crippen LogP contribution is 2.31. The van der Waals surface area contributed by atoms with Crippen LogP contribution in [0.15, 0.2) is 78.3 Å². The molecule has 1 aliphatic heterocycles. The van der Waals surface area contributed by atoms with E-state index < -0.39 is 0 Å². The van der Waals surface area contributed by atoms with E-state index in [1.165, 1.54) is 22.3 Å². The average molecular weight is 521 g/mol. The number of thiophene rings is 1. The van der Waals surface area contributed by atoms with E-state index in [0.29, 0.717) is 5.82 Å². The zero-order chi connectivity index (χ0) is 25.9. The number of hydrogen-bond donors (Lipinski definition) is 1. The fraction of sp³-hybridized carbons (Fsp3) is 0.258. The van der Waals surface area contributed by atoms with Gasteiger partial charge in [-0.05, 0) is 47.7 Å². The highest BCUT2D eigenvalue weighted by atomic mass is 32.1. The third-order valence-electron chi connectivity index (χ3n) is 7.22.